The highest BCUT2D eigenvalue weighted by atomic mass is 32.2. The van der Waals surface area contributed by atoms with Crippen molar-refractivity contribution in [3.8, 4) is 17.2 Å². The lowest BCUT2D eigenvalue weighted by Gasteiger charge is -2.34. The van der Waals surface area contributed by atoms with Gasteiger partial charge in [0.2, 0.25) is 20.7 Å². The Kier molecular flexibility index (Phi) is 7.48. The number of aliphatic imine (C=N–C) groups is 1. The largest absolute Gasteiger partial charge is 0.496 e. The fourth-order valence-electron chi connectivity index (χ4n) is 6.56. The number of rotatable bonds is 7. The summed E-state index contributed by atoms with van der Waals surface area (Å²) in [7, 11) is -1.40. The summed E-state index contributed by atoms with van der Waals surface area (Å²) in [6.07, 6.45) is 6.49. The summed E-state index contributed by atoms with van der Waals surface area (Å²) in [6, 6.07) is 19.4. The van der Waals surface area contributed by atoms with E-state index in [1.54, 1.807) is 62.2 Å². The number of hydrogen-bond acceptors (Lipinski definition) is 10. The number of hydrogen-bond donors (Lipinski definition) is 1. The zero-order chi connectivity index (χ0) is 32.0. The number of allylic oxidation sites excluding steroid dienone is 2. The molecule has 3 aromatic carbocycles. The number of benzene rings is 3. The molecule has 0 amide bonds. The number of nitrogens with zero attached hydrogens (tertiary/aromatic N) is 2. The Morgan fingerprint density at radius 3 is 2.57 bits per heavy atom. The first kappa shape index (κ1) is 29.5. The summed E-state index contributed by atoms with van der Waals surface area (Å²) in [4.78, 5) is 18.3. The van der Waals surface area contributed by atoms with Gasteiger partial charge in [-0.05, 0) is 60.2 Å². The van der Waals surface area contributed by atoms with E-state index in [9.17, 15) is 13.2 Å². The molecule has 0 saturated carbocycles. The molecule has 4 aliphatic rings. The van der Waals surface area contributed by atoms with Crippen LogP contribution in [0.4, 0.5) is 5.69 Å². The van der Waals surface area contributed by atoms with Crippen molar-refractivity contribution in [3.63, 3.8) is 0 Å². The molecule has 1 aliphatic carbocycles. The lowest BCUT2D eigenvalue weighted by molar-refractivity contribution is 0.106. The Hall–Kier alpha value is -5.16. The number of hydrazone groups is 1. The lowest BCUT2D eigenvalue weighted by Crippen LogP contribution is -2.27. The van der Waals surface area contributed by atoms with E-state index in [4.69, 9.17) is 18.9 Å². The number of ketones is 1. The van der Waals surface area contributed by atoms with Crippen molar-refractivity contribution in [1.29, 1.82) is 0 Å². The van der Waals surface area contributed by atoms with Crippen LogP contribution in [0.15, 0.2) is 117 Å². The maximum absolute atomic E-state index is 14.3. The first-order valence-electron chi connectivity index (χ1n) is 14.9. The van der Waals surface area contributed by atoms with Gasteiger partial charge < -0.3 is 18.9 Å². The second-order valence-electron chi connectivity index (χ2n) is 11.3. The third-order valence-electron chi connectivity index (χ3n) is 8.66. The molecule has 3 unspecified atom stereocenters. The van der Waals surface area contributed by atoms with E-state index >= 15 is 0 Å². The van der Waals surface area contributed by atoms with Gasteiger partial charge in [0.15, 0.2) is 0 Å². The monoisotopic (exact) mass is 637 g/mol. The van der Waals surface area contributed by atoms with Gasteiger partial charge in [0, 0.05) is 23.8 Å². The van der Waals surface area contributed by atoms with Crippen LogP contribution < -0.4 is 14.9 Å². The molecule has 0 radical (unpaired) electrons. The highest BCUT2D eigenvalue weighted by Crippen LogP contribution is 2.50. The van der Waals surface area contributed by atoms with Gasteiger partial charge in [-0.2, -0.15) is 5.10 Å². The van der Waals surface area contributed by atoms with E-state index in [1.807, 2.05) is 30.3 Å². The van der Waals surface area contributed by atoms with Crippen LogP contribution in [0.3, 0.4) is 0 Å². The van der Waals surface area contributed by atoms with E-state index in [2.05, 4.69) is 22.4 Å². The van der Waals surface area contributed by atoms with Crippen LogP contribution in [0.25, 0.3) is 0 Å². The Balaban J connectivity index is 1.31. The first-order chi connectivity index (χ1) is 22.3. The van der Waals surface area contributed by atoms with Crippen molar-refractivity contribution < 1.29 is 32.2 Å². The lowest BCUT2D eigenvalue weighted by atomic mass is 9.72. The molecule has 3 aromatic rings. The Bertz CT molecular complexity index is 2010. The molecule has 3 aliphatic heterocycles. The molecule has 10 nitrogen and oxygen atoms in total. The highest BCUT2D eigenvalue weighted by molar-refractivity contribution is 8.09. The number of methoxy groups -OCH3 is 2. The minimum Gasteiger partial charge on any atom is -0.496 e. The zero-order valence-corrected chi connectivity index (χ0v) is 26.2. The molecule has 1 N–H and O–H groups in total. The molecule has 0 spiro atoms. The molecular weight excluding hydrogens is 606 g/mol. The third-order valence-corrected chi connectivity index (χ3v) is 10.4. The van der Waals surface area contributed by atoms with Crippen LogP contribution in [-0.2, 0) is 19.3 Å². The minimum absolute atomic E-state index is 0.0469. The van der Waals surface area contributed by atoms with Crippen LogP contribution in [-0.4, -0.2) is 45.8 Å². The van der Waals surface area contributed by atoms with Gasteiger partial charge in [0.1, 0.15) is 29.1 Å². The number of carbonyl (C=O) groups is 1. The van der Waals surface area contributed by atoms with Crippen LogP contribution in [0.5, 0.6) is 17.2 Å². The summed E-state index contributed by atoms with van der Waals surface area (Å²) in [5, 5.41) is 3.53. The summed E-state index contributed by atoms with van der Waals surface area (Å²) in [5.41, 5.74) is 6.33. The summed E-state index contributed by atoms with van der Waals surface area (Å²) in [6.45, 7) is 2.11. The Morgan fingerprint density at radius 1 is 0.978 bits per heavy atom. The van der Waals surface area contributed by atoms with Gasteiger partial charge >= 0.3 is 0 Å². The minimum atomic E-state index is -4.38. The molecule has 3 atom stereocenters. The van der Waals surface area contributed by atoms with Crippen molar-refractivity contribution in [2.45, 2.75) is 36.7 Å². The number of anilines is 1. The maximum Gasteiger partial charge on any atom is 0.230 e. The number of sulfone groups is 1. The Morgan fingerprint density at radius 2 is 1.78 bits per heavy atom. The van der Waals surface area contributed by atoms with Gasteiger partial charge in [0.05, 0.1) is 48.4 Å². The van der Waals surface area contributed by atoms with Gasteiger partial charge in [-0.3, -0.25) is 15.2 Å². The molecule has 7 rings (SSSR count). The SMILES string of the molecule is CO/C1=C/N=CC(c2ccc(OC)c3c2S(=O)(=O)/C(=N/Nc2cccc(Oc4ccccc4)c2)C3=O)C2=C3C1=COC3CCC2C. The van der Waals surface area contributed by atoms with Gasteiger partial charge in [0.25, 0.3) is 0 Å². The second-order valence-corrected chi connectivity index (χ2v) is 13.1. The average Bonchev–Trinajstić information content (AvgIpc) is 3.56. The topological polar surface area (TPSA) is 125 Å². The number of nitrogens with one attached hydrogen (secondary N) is 1. The van der Waals surface area contributed by atoms with E-state index in [0.29, 0.717) is 28.5 Å². The van der Waals surface area contributed by atoms with Crippen molar-refractivity contribution in [2.24, 2.45) is 16.0 Å². The number of Topliss-reactive ketones (excluding diaryl/α,β-unsaturated/α-hetero) is 1. The molecule has 0 saturated heterocycles. The molecule has 3 heterocycles. The fraction of sp³-hybridized carbons (Fsp3) is 0.229. The maximum atomic E-state index is 14.3. The fourth-order valence-corrected chi connectivity index (χ4v) is 8.23. The van der Waals surface area contributed by atoms with Crippen LogP contribution >= 0.6 is 0 Å². The highest BCUT2D eigenvalue weighted by Gasteiger charge is 2.48. The van der Waals surface area contributed by atoms with E-state index < -0.39 is 26.6 Å². The Labute approximate surface area is 266 Å². The molecule has 234 valence electrons. The quantitative estimate of drug-likeness (QED) is 0.289. The van der Waals surface area contributed by atoms with Crippen molar-refractivity contribution in [2.75, 3.05) is 19.6 Å². The van der Waals surface area contributed by atoms with E-state index in [-0.39, 0.29) is 28.2 Å². The smallest absolute Gasteiger partial charge is 0.230 e. The van der Waals surface area contributed by atoms with E-state index in [1.165, 1.54) is 7.11 Å². The van der Waals surface area contributed by atoms with Crippen LogP contribution in [0.2, 0.25) is 0 Å². The number of para-hydroxylation sites is 1. The predicted octanol–water partition coefficient (Wildman–Crippen LogP) is 6.55. The van der Waals surface area contributed by atoms with Crippen LogP contribution in [0.1, 0.15) is 41.6 Å². The van der Waals surface area contributed by atoms with Gasteiger partial charge in [-0.25, -0.2) is 8.42 Å². The second kappa shape index (κ2) is 11.6. The average molecular weight is 638 g/mol. The predicted molar refractivity (Wildman–Crippen MR) is 173 cm³/mol. The molecule has 46 heavy (non-hydrogen) atoms. The molecule has 0 aromatic heterocycles. The normalized spacial score (nSPS) is 24.5. The number of fused-ring (bicyclic) bond motifs is 1. The third kappa shape index (κ3) is 4.87. The van der Waals surface area contributed by atoms with Gasteiger partial charge in [-0.1, -0.05) is 37.3 Å². The number of carbonyl (C=O) groups excluding carboxylic acids is 1. The molecule has 0 bridgehead atoms. The standard InChI is InChI=1S/C35H31N3O7S/c1-20-12-14-28-31-26(19-44-28)29(43-3)18-36-17-25(30(20)31)24-13-15-27(42-2)32-33(39)35(46(40,41)34(24)32)38-37-21-8-7-11-23(16-21)45-22-9-5-4-6-10-22/h4-11,13,15-20,25,28,37H,12,14H2,1-3H3/b29-18+,36-17?,38-35+. The summed E-state index contributed by atoms with van der Waals surface area (Å²) in [5.74, 6) is 0.646. The summed E-state index contributed by atoms with van der Waals surface area (Å²) >= 11 is 0. The van der Waals surface area contributed by atoms with Crippen molar-refractivity contribution in [1.82, 2.24) is 0 Å². The van der Waals surface area contributed by atoms with Crippen molar-refractivity contribution >= 4 is 32.6 Å². The first-order valence-corrected chi connectivity index (χ1v) is 16.3. The number of ether oxygens (including phenoxy) is 4. The molecular formula is C35H31N3O7S. The van der Waals surface area contributed by atoms with Crippen molar-refractivity contribution in [3.05, 3.63) is 113 Å². The molecule has 11 heteroatoms. The van der Waals surface area contributed by atoms with Crippen LogP contribution in [0, 0.1) is 5.92 Å². The summed E-state index contributed by atoms with van der Waals surface area (Å²) < 4.78 is 51.6. The van der Waals surface area contributed by atoms with E-state index in [0.717, 1.165) is 29.6 Å². The molecule has 0 fully saturated rings. The van der Waals surface area contributed by atoms with Gasteiger partial charge in [-0.15, -0.1) is 0 Å². The zero-order valence-electron chi connectivity index (χ0n) is 25.4.